The summed E-state index contributed by atoms with van der Waals surface area (Å²) in [7, 11) is 0. The molecule has 1 aliphatic heterocycles. The highest BCUT2D eigenvalue weighted by Gasteiger charge is 2.66. The molecule has 1 aromatic rings. The van der Waals surface area contributed by atoms with Crippen molar-refractivity contribution < 1.29 is 41.0 Å². The zero-order chi connectivity index (χ0) is 19.9. The number of carbonyl (C=O) groups is 1. The molecule has 0 radical (unpaired) electrons. The predicted molar refractivity (Wildman–Crippen MR) is 77.4 cm³/mol. The van der Waals surface area contributed by atoms with E-state index in [1.165, 1.54) is 12.1 Å². The van der Waals surface area contributed by atoms with Crippen molar-refractivity contribution in [3.05, 3.63) is 29.3 Å². The third-order valence-corrected chi connectivity index (χ3v) is 3.56. The molecular weight excluding hydrogens is 370 g/mol. The van der Waals surface area contributed by atoms with Gasteiger partial charge in [0, 0.05) is 0 Å². The van der Waals surface area contributed by atoms with Gasteiger partial charge < -0.3 is 9.84 Å². The molecular formula is C15H14F6N2O3. The topological polar surface area (TPSA) is 62.1 Å². The summed E-state index contributed by atoms with van der Waals surface area (Å²) in [6.45, 7) is 2.39. The van der Waals surface area contributed by atoms with E-state index in [-0.39, 0.29) is 5.75 Å². The zero-order valence-electron chi connectivity index (χ0n) is 13.6. The lowest BCUT2D eigenvalue weighted by Crippen LogP contribution is -2.57. The lowest BCUT2D eigenvalue weighted by molar-refractivity contribution is -0.302. The summed E-state index contributed by atoms with van der Waals surface area (Å²) >= 11 is 0. The maximum Gasteiger partial charge on any atom is 0.438 e. The minimum absolute atomic E-state index is 0.144. The van der Waals surface area contributed by atoms with E-state index in [9.17, 15) is 36.2 Å². The van der Waals surface area contributed by atoms with Crippen molar-refractivity contribution in [1.29, 1.82) is 0 Å². The molecule has 1 aromatic carbocycles. The molecule has 0 aliphatic carbocycles. The fourth-order valence-corrected chi connectivity index (χ4v) is 2.41. The Labute approximate surface area is 143 Å². The molecule has 0 unspecified atom stereocenters. The Morgan fingerprint density at radius 1 is 1.19 bits per heavy atom. The first kappa shape index (κ1) is 20.0. The summed E-state index contributed by atoms with van der Waals surface area (Å²) in [4.78, 5) is 12.0. The van der Waals surface area contributed by atoms with E-state index in [1.54, 1.807) is 19.9 Å². The molecule has 1 amide bonds. The molecule has 1 atom stereocenters. The summed E-state index contributed by atoms with van der Waals surface area (Å²) < 4.78 is 82.3. The van der Waals surface area contributed by atoms with Crippen LogP contribution in [0.15, 0.2) is 23.3 Å². The van der Waals surface area contributed by atoms with Crippen molar-refractivity contribution in [2.45, 2.75) is 38.3 Å². The van der Waals surface area contributed by atoms with Gasteiger partial charge in [-0.1, -0.05) is 6.07 Å². The molecule has 2 rings (SSSR count). The van der Waals surface area contributed by atoms with Crippen LogP contribution in [0.4, 0.5) is 26.3 Å². The van der Waals surface area contributed by atoms with Crippen molar-refractivity contribution in [2.24, 2.45) is 5.10 Å². The number of amides is 1. The van der Waals surface area contributed by atoms with Crippen LogP contribution >= 0.6 is 0 Å². The highest BCUT2D eigenvalue weighted by Crippen LogP contribution is 2.43. The van der Waals surface area contributed by atoms with Gasteiger partial charge in [-0.15, -0.1) is 0 Å². The van der Waals surface area contributed by atoms with Crippen LogP contribution in [0.3, 0.4) is 0 Å². The van der Waals surface area contributed by atoms with Crippen LogP contribution in [-0.4, -0.2) is 46.4 Å². The summed E-state index contributed by atoms with van der Waals surface area (Å²) in [5, 5.41) is 11.7. The Kier molecular flexibility index (Phi) is 4.97. The minimum atomic E-state index is -5.54. The fourth-order valence-electron chi connectivity index (χ4n) is 2.41. The van der Waals surface area contributed by atoms with Crippen LogP contribution in [0.25, 0.3) is 0 Å². The first-order valence-corrected chi connectivity index (χ1v) is 7.22. The van der Waals surface area contributed by atoms with Gasteiger partial charge in [0.2, 0.25) is 0 Å². The highest BCUT2D eigenvalue weighted by atomic mass is 19.4. The normalized spacial score (nSPS) is 21.0. The molecule has 1 aliphatic rings. The van der Waals surface area contributed by atoms with Crippen molar-refractivity contribution in [2.75, 3.05) is 6.61 Å². The molecule has 1 N–H and O–H groups in total. The second kappa shape index (κ2) is 6.45. The Morgan fingerprint density at radius 2 is 1.73 bits per heavy atom. The number of hydrogen-bond acceptors (Lipinski definition) is 4. The first-order chi connectivity index (χ1) is 11.7. The van der Waals surface area contributed by atoms with Gasteiger partial charge in [-0.25, -0.2) is 0 Å². The molecule has 5 nitrogen and oxygen atoms in total. The number of aliphatic hydroxyl groups is 1. The molecule has 26 heavy (non-hydrogen) atoms. The SMILES string of the molecule is Cc1cc(C)cc(OCC(=O)N2N=C(C(F)(F)F)C[C@@]2(O)C(F)(F)F)c1. The number of hydrazone groups is 1. The van der Waals surface area contributed by atoms with Crippen LogP contribution in [0.1, 0.15) is 17.5 Å². The number of aryl methyl sites for hydroxylation is 2. The molecule has 0 spiro atoms. The smallest absolute Gasteiger partial charge is 0.438 e. The number of benzene rings is 1. The van der Waals surface area contributed by atoms with E-state index in [4.69, 9.17) is 4.74 Å². The number of nitrogens with zero attached hydrogens (tertiary/aromatic N) is 2. The van der Waals surface area contributed by atoms with Crippen molar-refractivity contribution in [3.63, 3.8) is 0 Å². The third-order valence-electron chi connectivity index (χ3n) is 3.56. The Hall–Kier alpha value is -2.30. The van der Waals surface area contributed by atoms with E-state index >= 15 is 0 Å². The third kappa shape index (κ3) is 3.92. The van der Waals surface area contributed by atoms with E-state index in [1.807, 2.05) is 0 Å². The summed E-state index contributed by atoms with van der Waals surface area (Å²) in [6, 6.07) is 4.76. The lowest BCUT2D eigenvalue weighted by atomic mass is 10.1. The predicted octanol–water partition coefficient (Wildman–Crippen LogP) is 3.08. The van der Waals surface area contributed by atoms with E-state index in [0.29, 0.717) is 0 Å². The monoisotopic (exact) mass is 384 g/mol. The van der Waals surface area contributed by atoms with Gasteiger partial charge in [-0.2, -0.15) is 36.5 Å². The zero-order valence-corrected chi connectivity index (χ0v) is 13.6. The molecule has 11 heteroatoms. The van der Waals surface area contributed by atoms with Gasteiger partial charge in [0.05, 0.1) is 6.42 Å². The van der Waals surface area contributed by atoms with Crippen LogP contribution in [0.5, 0.6) is 5.75 Å². The molecule has 0 fully saturated rings. The van der Waals surface area contributed by atoms with E-state index in [0.717, 1.165) is 11.1 Å². The second-order valence-electron chi connectivity index (χ2n) is 5.85. The molecule has 0 saturated heterocycles. The minimum Gasteiger partial charge on any atom is -0.484 e. The van der Waals surface area contributed by atoms with Gasteiger partial charge in [-0.05, 0) is 37.1 Å². The van der Waals surface area contributed by atoms with Gasteiger partial charge in [-0.3, -0.25) is 4.79 Å². The quantitative estimate of drug-likeness (QED) is 0.815. The Balaban J connectivity index is 2.24. The number of halogens is 6. The summed E-state index contributed by atoms with van der Waals surface area (Å²) in [6.07, 6.45) is -12.7. The number of ether oxygens (including phenoxy) is 1. The van der Waals surface area contributed by atoms with E-state index < -0.39 is 47.7 Å². The maximum absolute atomic E-state index is 13.1. The lowest BCUT2D eigenvalue weighted by Gasteiger charge is -2.32. The van der Waals surface area contributed by atoms with Crippen LogP contribution in [0, 0.1) is 13.8 Å². The number of alkyl halides is 6. The first-order valence-electron chi connectivity index (χ1n) is 7.22. The molecule has 1 heterocycles. The van der Waals surface area contributed by atoms with Crippen molar-refractivity contribution in [3.8, 4) is 5.75 Å². The van der Waals surface area contributed by atoms with Gasteiger partial charge in [0.1, 0.15) is 11.5 Å². The highest BCUT2D eigenvalue weighted by molar-refractivity contribution is 5.94. The molecule has 0 saturated carbocycles. The standard InChI is InChI=1S/C15H14F6N2O3/c1-8-3-9(2)5-10(4-8)26-7-12(24)23-13(25,15(19,20)21)6-11(22-23)14(16,17)18/h3-5,25H,6-7H2,1-2H3/t13-/m1/s1. The Bertz CT molecular complexity index is 724. The summed E-state index contributed by atoms with van der Waals surface area (Å²) in [5.41, 5.74) is -4.49. The van der Waals surface area contributed by atoms with Gasteiger partial charge in [0.25, 0.3) is 11.6 Å². The molecule has 0 bridgehead atoms. The van der Waals surface area contributed by atoms with Gasteiger partial charge >= 0.3 is 12.4 Å². The van der Waals surface area contributed by atoms with Crippen molar-refractivity contribution >= 4 is 11.6 Å². The van der Waals surface area contributed by atoms with Crippen molar-refractivity contribution in [1.82, 2.24) is 5.01 Å². The van der Waals surface area contributed by atoms with Crippen LogP contribution in [-0.2, 0) is 4.79 Å². The van der Waals surface area contributed by atoms with Crippen LogP contribution < -0.4 is 4.74 Å². The second-order valence-corrected chi connectivity index (χ2v) is 5.85. The van der Waals surface area contributed by atoms with Crippen LogP contribution in [0.2, 0.25) is 0 Å². The molecule has 0 aromatic heterocycles. The maximum atomic E-state index is 13.1. The number of hydrogen-bond donors (Lipinski definition) is 1. The Morgan fingerprint density at radius 3 is 2.19 bits per heavy atom. The molecule has 144 valence electrons. The fraction of sp³-hybridized carbons (Fsp3) is 0.467. The average molecular weight is 384 g/mol. The number of rotatable bonds is 3. The largest absolute Gasteiger partial charge is 0.484 e. The summed E-state index contributed by atoms with van der Waals surface area (Å²) in [5.74, 6) is -1.42. The van der Waals surface area contributed by atoms with Gasteiger partial charge in [0.15, 0.2) is 6.61 Å². The van der Waals surface area contributed by atoms with E-state index in [2.05, 4.69) is 5.10 Å². The number of carbonyl (C=O) groups excluding carboxylic acids is 1. The average Bonchev–Trinajstić information content (AvgIpc) is 2.83.